The van der Waals surface area contributed by atoms with E-state index < -0.39 is 24.6 Å². The first-order valence-electron chi connectivity index (χ1n) is 5.72. The Balaban J connectivity index is 2.74. The molecule has 0 atom stereocenters. The van der Waals surface area contributed by atoms with Gasteiger partial charge >= 0.3 is 12.1 Å². The Morgan fingerprint density at radius 3 is 2.55 bits per heavy atom. The minimum absolute atomic E-state index is 0.0274. The van der Waals surface area contributed by atoms with Gasteiger partial charge in [-0.1, -0.05) is 13.8 Å². The zero-order valence-electron chi connectivity index (χ0n) is 11.3. The Morgan fingerprint density at radius 1 is 1.40 bits per heavy atom. The molecule has 8 heteroatoms. The summed E-state index contributed by atoms with van der Waals surface area (Å²) in [6.07, 6.45) is -0.898. The molecule has 0 aliphatic heterocycles. The van der Waals surface area contributed by atoms with E-state index in [9.17, 15) is 14.4 Å². The first-order chi connectivity index (χ1) is 9.35. The van der Waals surface area contributed by atoms with Crippen LogP contribution in [-0.2, 0) is 9.53 Å². The molecule has 0 spiro atoms. The molecular formula is C12H15NO6S. The first kappa shape index (κ1) is 16.0. The average Bonchev–Trinajstić information content (AvgIpc) is 2.80. The number of carbonyl (C=O) groups is 3. The van der Waals surface area contributed by atoms with Crippen LogP contribution in [0.4, 0.5) is 4.79 Å². The smallest absolute Gasteiger partial charge is 0.413 e. The van der Waals surface area contributed by atoms with Gasteiger partial charge in [-0.3, -0.25) is 10.1 Å². The lowest BCUT2D eigenvalue weighted by Gasteiger charge is -2.05. The SMILES string of the molecule is COC(=O)NC(=O)COc1cc(C(C)C)sc1C(=O)O. The van der Waals surface area contributed by atoms with Crippen LogP contribution in [0, 0.1) is 0 Å². The van der Waals surface area contributed by atoms with Gasteiger partial charge in [0.1, 0.15) is 5.75 Å². The number of carboxylic acid groups (broad SMARTS) is 1. The number of carbonyl (C=O) groups excluding carboxylic acids is 2. The molecule has 0 saturated heterocycles. The summed E-state index contributed by atoms with van der Waals surface area (Å²) < 4.78 is 9.40. The summed E-state index contributed by atoms with van der Waals surface area (Å²) >= 11 is 1.10. The maximum absolute atomic E-state index is 11.3. The van der Waals surface area contributed by atoms with Gasteiger partial charge in [-0.25, -0.2) is 9.59 Å². The molecule has 1 aromatic heterocycles. The molecule has 0 saturated carbocycles. The average molecular weight is 301 g/mol. The number of nitrogens with one attached hydrogen (secondary N) is 1. The van der Waals surface area contributed by atoms with Gasteiger partial charge in [0.05, 0.1) is 7.11 Å². The van der Waals surface area contributed by atoms with Gasteiger partial charge in [0, 0.05) is 4.88 Å². The van der Waals surface area contributed by atoms with Crippen molar-refractivity contribution in [3.8, 4) is 5.75 Å². The summed E-state index contributed by atoms with van der Waals surface area (Å²) in [7, 11) is 1.12. The van der Waals surface area contributed by atoms with Crippen molar-refractivity contribution in [1.82, 2.24) is 5.32 Å². The second kappa shape index (κ2) is 6.90. The van der Waals surface area contributed by atoms with Crippen LogP contribution in [-0.4, -0.2) is 36.8 Å². The van der Waals surface area contributed by atoms with Gasteiger partial charge < -0.3 is 14.6 Å². The van der Waals surface area contributed by atoms with Crippen LogP contribution < -0.4 is 10.1 Å². The molecule has 0 aliphatic carbocycles. The van der Waals surface area contributed by atoms with Gasteiger partial charge in [0.2, 0.25) is 0 Å². The Hall–Kier alpha value is -2.09. The maximum Gasteiger partial charge on any atom is 0.413 e. The predicted molar refractivity (Wildman–Crippen MR) is 71.4 cm³/mol. The molecule has 0 fully saturated rings. The third kappa shape index (κ3) is 4.23. The second-order valence-electron chi connectivity index (χ2n) is 4.13. The summed E-state index contributed by atoms with van der Waals surface area (Å²) in [4.78, 5) is 34.1. The highest BCUT2D eigenvalue weighted by atomic mass is 32.1. The van der Waals surface area contributed by atoms with Crippen molar-refractivity contribution in [1.29, 1.82) is 0 Å². The van der Waals surface area contributed by atoms with E-state index in [1.165, 1.54) is 0 Å². The van der Waals surface area contributed by atoms with E-state index in [1.54, 1.807) is 6.07 Å². The third-order valence-electron chi connectivity index (χ3n) is 2.27. The van der Waals surface area contributed by atoms with Gasteiger partial charge in [-0.2, -0.15) is 0 Å². The van der Waals surface area contributed by atoms with Crippen molar-refractivity contribution in [3.63, 3.8) is 0 Å². The molecule has 110 valence electrons. The van der Waals surface area contributed by atoms with Crippen molar-refractivity contribution < 1.29 is 29.0 Å². The van der Waals surface area contributed by atoms with E-state index in [4.69, 9.17) is 9.84 Å². The maximum atomic E-state index is 11.3. The fraction of sp³-hybridized carbons (Fsp3) is 0.417. The lowest BCUT2D eigenvalue weighted by Crippen LogP contribution is -2.34. The molecule has 0 unspecified atom stereocenters. The lowest BCUT2D eigenvalue weighted by molar-refractivity contribution is -0.122. The lowest BCUT2D eigenvalue weighted by atomic mass is 10.2. The topological polar surface area (TPSA) is 102 Å². The summed E-state index contributed by atoms with van der Waals surface area (Å²) in [5, 5.41) is 11.0. The Bertz CT molecular complexity index is 522. The number of hydrogen-bond donors (Lipinski definition) is 2. The fourth-order valence-electron chi connectivity index (χ4n) is 1.28. The minimum atomic E-state index is -1.12. The molecule has 0 aliphatic rings. The van der Waals surface area contributed by atoms with Crippen molar-refractivity contribution in [3.05, 3.63) is 15.8 Å². The second-order valence-corrected chi connectivity index (χ2v) is 5.21. The highest BCUT2D eigenvalue weighted by Gasteiger charge is 2.19. The summed E-state index contributed by atoms with van der Waals surface area (Å²) in [5.41, 5.74) is 0. The number of ether oxygens (including phenoxy) is 2. The monoisotopic (exact) mass is 301 g/mol. The van der Waals surface area contributed by atoms with Crippen LogP contribution in [0.3, 0.4) is 0 Å². The highest BCUT2D eigenvalue weighted by Crippen LogP contribution is 2.33. The van der Waals surface area contributed by atoms with Gasteiger partial charge in [0.15, 0.2) is 11.5 Å². The number of imide groups is 1. The highest BCUT2D eigenvalue weighted by molar-refractivity contribution is 7.14. The van der Waals surface area contributed by atoms with Crippen LogP contribution in [0.5, 0.6) is 5.75 Å². The van der Waals surface area contributed by atoms with E-state index in [0.717, 1.165) is 23.3 Å². The van der Waals surface area contributed by atoms with Crippen LogP contribution in [0.15, 0.2) is 6.07 Å². The zero-order chi connectivity index (χ0) is 15.3. The summed E-state index contributed by atoms with van der Waals surface area (Å²) in [6, 6.07) is 1.59. The van der Waals surface area contributed by atoms with Crippen LogP contribution >= 0.6 is 11.3 Å². The number of thiophene rings is 1. The number of rotatable bonds is 5. The van der Waals surface area contributed by atoms with Gasteiger partial charge in [0.25, 0.3) is 5.91 Å². The molecule has 0 radical (unpaired) electrons. The molecular weight excluding hydrogens is 286 g/mol. The summed E-state index contributed by atoms with van der Waals surface area (Å²) in [6.45, 7) is 3.38. The molecule has 7 nitrogen and oxygen atoms in total. The molecule has 2 amide bonds. The zero-order valence-corrected chi connectivity index (χ0v) is 12.1. The number of alkyl carbamates (subject to hydrolysis) is 1. The Labute approximate surface area is 119 Å². The Kier molecular flexibility index (Phi) is 5.51. The van der Waals surface area contributed by atoms with Crippen LogP contribution in [0.2, 0.25) is 0 Å². The quantitative estimate of drug-likeness (QED) is 0.860. The van der Waals surface area contributed by atoms with Gasteiger partial charge in [-0.15, -0.1) is 11.3 Å². The normalized spacial score (nSPS) is 10.2. The van der Waals surface area contributed by atoms with Gasteiger partial charge in [-0.05, 0) is 12.0 Å². The molecule has 0 bridgehead atoms. The number of methoxy groups -OCH3 is 1. The molecule has 1 rings (SSSR count). The molecule has 20 heavy (non-hydrogen) atoms. The molecule has 1 aromatic rings. The van der Waals surface area contributed by atoms with Crippen molar-refractivity contribution in [2.24, 2.45) is 0 Å². The Morgan fingerprint density at radius 2 is 2.05 bits per heavy atom. The van der Waals surface area contributed by atoms with E-state index in [0.29, 0.717) is 0 Å². The number of amides is 2. The number of aromatic carboxylic acids is 1. The van der Waals surface area contributed by atoms with E-state index in [1.807, 2.05) is 19.2 Å². The summed E-state index contributed by atoms with van der Waals surface area (Å²) in [5.74, 6) is -1.57. The van der Waals surface area contributed by atoms with E-state index in [2.05, 4.69) is 4.74 Å². The minimum Gasteiger partial charge on any atom is -0.482 e. The third-order valence-corrected chi connectivity index (χ3v) is 3.67. The van der Waals surface area contributed by atoms with Crippen molar-refractivity contribution in [2.75, 3.05) is 13.7 Å². The van der Waals surface area contributed by atoms with Crippen LogP contribution in [0.25, 0.3) is 0 Å². The number of hydrogen-bond acceptors (Lipinski definition) is 6. The molecule has 1 heterocycles. The molecule has 0 aromatic carbocycles. The number of carboxylic acids is 1. The largest absolute Gasteiger partial charge is 0.482 e. The van der Waals surface area contributed by atoms with Crippen molar-refractivity contribution >= 4 is 29.3 Å². The molecule has 2 N–H and O–H groups in total. The van der Waals surface area contributed by atoms with Crippen molar-refractivity contribution in [2.45, 2.75) is 19.8 Å². The standard InChI is InChI=1S/C12H15NO6S/c1-6(2)8-4-7(10(20-8)11(15)16)19-5-9(14)13-12(17)18-3/h4,6H,5H2,1-3H3,(H,15,16)(H,13,14,17). The first-order valence-corrected chi connectivity index (χ1v) is 6.54. The van der Waals surface area contributed by atoms with E-state index in [-0.39, 0.29) is 16.5 Å². The van der Waals surface area contributed by atoms with E-state index >= 15 is 0 Å². The van der Waals surface area contributed by atoms with Crippen LogP contribution in [0.1, 0.15) is 34.3 Å². The fourth-order valence-corrected chi connectivity index (χ4v) is 2.22. The predicted octanol–water partition coefficient (Wildman–Crippen LogP) is 1.83.